The van der Waals surface area contributed by atoms with Gasteiger partial charge in [0.2, 0.25) is 0 Å². The van der Waals surface area contributed by atoms with Crippen LogP contribution in [-0.4, -0.2) is 45.9 Å². The van der Waals surface area contributed by atoms with Gasteiger partial charge in [-0.1, -0.05) is 11.6 Å². The zero-order valence-corrected chi connectivity index (χ0v) is 17.8. The highest BCUT2D eigenvalue weighted by Gasteiger charge is 2.28. The van der Waals surface area contributed by atoms with E-state index in [-0.39, 0.29) is 17.6 Å². The molecular formula is C21H24ClN7O2. The highest BCUT2D eigenvalue weighted by atomic mass is 35.5. The third kappa shape index (κ3) is 4.78. The lowest BCUT2D eigenvalue weighted by molar-refractivity contribution is 0.102. The van der Waals surface area contributed by atoms with Crippen molar-refractivity contribution in [1.82, 2.24) is 25.1 Å². The molecule has 0 bridgehead atoms. The molecule has 4 rings (SSSR count). The van der Waals surface area contributed by atoms with Crippen LogP contribution in [0.5, 0.6) is 5.75 Å². The van der Waals surface area contributed by atoms with Gasteiger partial charge in [-0.15, -0.1) is 0 Å². The van der Waals surface area contributed by atoms with Crippen molar-refractivity contribution in [3.05, 3.63) is 59.3 Å². The highest BCUT2D eigenvalue weighted by molar-refractivity contribution is 6.30. The number of ether oxygens (including phenoxy) is 1. The zero-order valence-electron chi connectivity index (χ0n) is 17.1. The van der Waals surface area contributed by atoms with E-state index in [9.17, 15) is 4.79 Å². The van der Waals surface area contributed by atoms with Crippen LogP contribution in [0.4, 0.5) is 11.5 Å². The molecule has 0 radical (unpaired) electrons. The predicted octanol–water partition coefficient (Wildman–Crippen LogP) is 2.76. The molecule has 0 saturated carbocycles. The van der Waals surface area contributed by atoms with E-state index in [1.807, 2.05) is 23.0 Å². The second-order valence-electron chi connectivity index (χ2n) is 7.41. The third-order valence-electron chi connectivity index (χ3n) is 5.39. The number of nitrogen functional groups attached to an aromatic ring is 1. The van der Waals surface area contributed by atoms with E-state index >= 15 is 0 Å². The van der Waals surface area contributed by atoms with Crippen molar-refractivity contribution in [1.29, 1.82) is 0 Å². The number of hydrogen-bond donors (Lipinski definition) is 3. The quantitative estimate of drug-likeness (QED) is 0.537. The number of amides is 1. The van der Waals surface area contributed by atoms with E-state index in [2.05, 4.69) is 25.7 Å². The van der Waals surface area contributed by atoms with Gasteiger partial charge in [-0.25, -0.2) is 9.97 Å². The molecule has 10 heteroatoms. The van der Waals surface area contributed by atoms with Crippen molar-refractivity contribution < 1.29 is 9.53 Å². The Kier molecular flexibility index (Phi) is 6.34. The largest absolute Gasteiger partial charge is 0.497 e. The summed E-state index contributed by atoms with van der Waals surface area (Å²) in [6.07, 6.45) is 8.28. The Balaban J connectivity index is 1.64. The Labute approximate surface area is 185 Å². The third-order valence-corrected chi connectivity index (χ3v) is 5.61. The molecule has 3 aromatic rings. The number of nitrogens with one attached hydrogen (secondary N) is 2. The Morgan fingerprint density at radius 3 is 2.81 bits per heavy atom. The number of carbonyl (C=O) groups excluding carboxylic acids is 1. The number of rotatable bonds is 6. The summed E-state index contributed by atoms with van der Waals surface area (Å²) in [7, 11) is 1.62. The van der Waals surface area contributed by atoms with Gasteiger partial charge in [-0.2, -0.15) is 5.10 Å². The molecule has 31 heavy (non-hydrogen) atoms. The highest BCUT2D eigenvalue weighted by Crippen LogP contribution is 2.36. The zero-order chi connectivity index (χ0) is 21.8. The molecule has 3 heterocycles. The van der Waals surface area contributed by atoms with E-state index in [1.54, 1.807) is 19.4 Å². The lowest BCUT2D eigenvalue weighted by Gasteiger charge is -2.31. The molecular weight excluding hydrogens is 418 g/mol. The summed E-state index contributed by atoms with van der Waals surface area (Å²) >= 11 is 6.35. The minimum atomic E-state index is -0.437. The SMILES string of the molecule is COc1cc(Cl)cc(C(C2CCNCC2)n2cc(NC(=O)c3nccnc3N)cn2)c1. The number of halogens is 1. The molecule has 1 fully saturated rings. The second-order valence-corrected chi connectivity index (χ2v) is 7.85. The normalized spacial score (nSPS) is 15.4. The average molecular weight is 442 g/mol. The monoisotopic (exact) mass is 441 g/mol. The van der Waals surface area contributed by atoms with Crippen LogP contribution in [0.15, 0.2) is 43.0 Å². The summed E-state index contributed by atoms with van der Waals surface area (Å²) in [6, 6.07) is 5.65. The maximum Gasteiger partial charge on any atom is 0.278 e. The second kappa shape index (κ2) is 9.32. The van der Waals surface area contributed by atoms with Crippen LogP contribution < -0.4 is 21.1 Å². The summed E-state index contributed by atoms with van der Waals surface area (Å²) in [6.45, 7) is 1.88. The van der Waals surface area contributed by atoms with Gasteiger partial charge in [0.05, 0.1) is 25.0 Å². The number of anilines is 2. The number of carbonyl (C=O) groups is 1. The molecule has 1 amide bonds. The van der Waals surface area contributed by atoms with Crippen LogP contribution in [0.25, 0.3) is 0 Å². The minimum Gasteiger partial charge on any atom is -0.497 e. The maximum atomic E-state index is 12.5. The van der Waals surface area contributed by atoms with Crippen molar-refractivity contribution in [3.8, 4) is 5.75 Å². The predicted molar refractivity (Wildman–Crippen MR) is 118 cm³/mol. The summed E-state index contributed by atoms with van der Waals surface area (Å²) in [5.74, 6) is 0.683. The van der Waals surface area contributed by atoms with Crippen molar-refractivity contribution in [2.75, 3.05) is 31.2 Å². The molecule has 0 aliphatic carbocycles. The number of nitrogens with zero attached hydrogens (tertiary/aromatic N) is 4. The Morgan fingerprint density at radius 2 is 2.06 bits per heavy atom. The van der Waals surface area contributed by atoms with E-state index < -0.39 is 5.91 Å². The van der Waals surface area contributed by atoms with Gasteiger partial charge in [-0.3, -0.25) is 9.48 Å². The molecule has 1 atom stereocenters. The van der Waals surface area contributed by atoms with Gasteiger partial charge in [0.1, 0.15) is 5.75 Å². The van der Waals surface area contributed by atoms with E-state index in [0.29, 0.717) is 22.4 Å². The number of aromatic nitrogens is 4. The number of nitrogens with two attached hydrogens (primary N) is 1. The van der Waals surface area contributed by atoms with E-state index in [1.165, 1.54) is 12.4 Å². The average Bonchev–Trinajstić information content (AvgIpc) is 3.22. The minimum absolute atomic E-state index is 0.0538. The fourth-order valence-electron chi connectivity index (χ4n) is 3.94. The topological polar surface area (TPSA) is 120 Å². The Hall–Kier alpha value is -3.17. The van der Waals surface area contributed by atoms with Gasteiger partial charge in [0.15, 0.2) is 11.5 Å². The molecule has 9 nitrogen and oxygen atoms in total. The fraction of sp³-hybridized carbons (Fsp3) is 0.333. The first-order valence-corrected chi connectivity index (χ1v) is 10.4. The van der Waals surface area contributed by atoms with Gasteiger partial charge in [0.25, 0.3) is 5.91 Å². The van der Waals surface area contributed by atoms with Crippen molar-refractivity contribution >= 4 is 29.0 Å². The van der Waals surface area contributed by atoms with Crippen LogP contribution in [-0.2, 0) is 0 Å². The number of benzene rings is 1. The Bertz CT molecular complexity index is 1070. The maximum absolute atomic E-state index is 12.5. The van der Waals surface area contributed by atoms with Crippen LogP contribution in [0.1, 0.15) is 34.9 Å². The van der Waals surface area contributed by atoms with Gasteiger partial charge in [-0.05, 0) is 55.6 Å². The van der Waals surface area contributed by atoms with Crippen LogP contribution in [0, 0.1) is 5.92 Å². The summed E-state index contributed by atoms with van der Waals surface area (Å²) < 4.78 is 7.29. The molecule has 1 saturated heterocycles. The summed E-state index contributed by atoms with van der Waals surface area (Å²) in [4.78, 5) is 20.4. The van der Waals surface area contributed by atoms with E-state index in [4.69, 9.17) is 22.1 Å². The molecule has 2 aromatic heterocycles. The number of piperidine rings is 1. The van der Waals surface area contributed by atoms with Crippen LogP contribution in [0.2, 0.25) is 5.02 Å². The molecule has 162 valence electrons. The summed E-state index contributed by atoms with van der Waals surface area (Å²) in [5, 5.41) is 11.4. The van der Waals surface area contributed by atoms with Crippen molar-refractivity contribution in [3.63, 3.8) is 0 Å². The first kappa shape index (κ1) is 21.1. The van der Waals surface area contributed by atoms with Crippen LogP contribution >= 0.6 is 11.6 Å². The molecule has 1 unspecified atom stereocenters. The van der Waals surface area contributed by atoms with Crippen LogP contribution in [0.3, 0.4) is 0 Å². The fourth-order valence-corrected chi connectivity index (χ4v) is 4.18. The number of methoxy groups -OCH3 is 1. The van der Waals surface area contributed by atoms with Crippen molar-refractivity contribution in [2.24, 2.45) is 5.92 Å². The Morgan fingerprint density at radius 1 is 1.29 bits per heavy atom. The van der Waals surface area contributed by atoms with Gasteiger partial charge in [0, 0.05) is 23.6 Å². The molecule has 1 aliphatic rings. The lowest BCUT2D eigenvalue weighted by atomic mass is 9.86. The summed E-state index contributed by atoms with van der Waals surface area (Å²) in [5.41, 5.74) is 7.39. The standard InChI is InChI=1S/C21H24ClN7O2/c1-31-17-9-14(8-15(22)10-17)19(13-2-4-24-5-3-13)29-12-16(11-27-29)28-21(30)18-20(23)26-7-6-25-18/h6-13,19,24H,2-5H2,1H3,(H2,23,26)(H,28,30). The van der Waals surface area contributed by atoms with Crippen molar-refractivity contribution in [2.45, 2.75) is 18.9 Å². The molecule has 1 aromatic carbocycles. The molecule has 1 aliphatic heterocycles. The van der Waals surface area contributed by atoms with Gasteiger partial charge < -0.3 is 21.1 Å². The lowest BCUT2D eigenvalue weighted by Crippen LogP contribution is -2.33. The number of hydrogen-bond acceptors (Lipinski definition) is 7. The molecule has 4 N–H and O–H groups in total. The smallest absolute Gasteiger partial charge is 0.278 e. The first-order valence-electron chi connectivity index (χ1n) is 10.0. The van der Waals surface area contributed by atoms with E-state index in [0.717, 1.165) is 31.5 Å². The van der Waals surface area contributed by atoms with Gasteiger partial charge >= 0.3 is 0 Å². The first-order chi connectivity index (χ1) is 15.0. The molecule has 0 spiro atoms.